The minimum absolute atomic E-state index is 0.185. The Bertz CT molecular complexity index is 437. The van der Waals surface area contributed by atoms with Crippen molar-refractivity contribution in [2.24, 2.45) is 11.8 Å². The molecule has 2 rings (SSSR count). The molecule has 1 aromatic carbocycles. The lowest BCUT2D eigenvalue weighted by atomic mass is 9.78. The fourth-order valence-corrected chi connectivity index (χ4v) is 2.86. The fraction of sp³-hybridized carbons (Fsp3) is 0.562. The summed E-state index contributed by atoms with van der Waals surface area (Å²) in [5, 5.41) is 0. The first-order valence-corrected chi connectivity index (χ1v) is 6.76. The molecule has 1 fully saturated rings. The Kier molecular flexibility index (Phi) is 4.05. The van der Waals surface area contributed by atoms with Gasteiger partial charge in [0.25, 0.3) is 0 Å². The number of carbonyl (C=O) groups excluding carboxylic acids is 1. The Morgan fingerprint density at radius 3 is 2.89 bits per heavy atom. The van der Waals surface area contributed by atoms with E-state index in [9.17, 15) is 4.79 Å². The first kappa shape index (κ1) is 13.1. The van der Waals surface area contributed by atoms with Crippen molar-refractivity contribution in [3.8, 4) is 5.75 Å². The smallest absolute Gasteiger partial charge is 0.136 e. The molecule has 98 valence electrons. The van der Waals surface area contributed by atoms with Gasteiger partial charge in [-0.25, -0.2) is 0 Å². The molecule has 0 spiro atoms. The highest BCUT2D eigenvalue weighted by atomic mass is 16.5. The summed E-state index contributed by atoms with van der Waals surface area (Å²) in [6.07, 6.45) is 3.66. The van der Waals surface area contributed by atoms with Gasteiger partial charge in [-0.05, 0) is 43.7 Å². The summed E-state index contributed by atoms with van der Waals surface area (Å²) in [4.78, 5) is 12.0. The number of Topliss-reactive ketones (excluding diaryl/α,β-unsaturated/α-hetero) is 1. The van der Waals surface area contributed by atoms with Gasteiger partial charge in [0.1, 0.15) is 11.5 Å². The zero-order valence-electron chi connectivity index (χ0n) is 11.5. The van der Waals surface area contributed by atoms with E-state index in [1.54, 1.807) is 7.11 Å². The van der Waals surface area contributed by atoms with Crippen LogP contribution >= 0.6 is 0 Å². The average Bonchev–Trinajstić information content (AvgIpc) is 2.34. The number of rotatable bonds is 3. The number of carbonyl (C=O) groups is 1. The minimum atomic E-state index is 0.185. The second-order valence-corrected chi connectivity index (χ2v) is 5.56. The van der Waals surface area contributed by atoms with Gasteiger partial charge in [-0.3, -0.25) is 4.79 Å². The highest BCUT2D eigenvalue weighted by Gasteiger charge is 2.27. The maximum absolute atomic E-state index is 12.0. The van der Waals surface area contributed by atoms with Crippen LogP contribution in [0.25, 0.3) is 0 Å². The van der Waals surface area contributed by atoms with Crippen LogP contribution in [0.4, 0.5) is 0 Å². The Morgan fingerprint density at radius 2 is 2.17 bits per heavy atom. The van der Waals surface area contributed by atoms with E-state index in [0.717, 1.165) is 31.4 Å². The zero-order valence-corrected chi connectivity index (χ0v) is 11.5. The molecule has 0 heterocycles. The summed E-state index contributed by atoms with van der Waals surface area (Å²) in [5.74, 6) is 2.19. The number of aryl methyl sites for hydroxylation is 1. The van der Waals surface area contributed by atoms with E-state index >= 15 is 0 Å². The van der Waals surface area contributed by atoms with Gasteiger partial charge >= 0.3 is 0 Å². The molecule has 1 aliphatic rings. The molecule has 2 unspecified atom stereocenters. The summed E-state index contributed by atoms with van der Waals surface area (Å²) in [6.45, 7) is 4.32. The van der Waals surface area contributed by atoms with E-state index < -0.39 is 0 Å². The molecule has 18 heavy (non-hydrogen) atoms. The molecule has 0 radical (unpaired) electrons. The maximum Gasteiger partial charge on any atom is 0.136 e. The molecule has 0 N–H and O–H groups in total. The maximum atomic E-state index is 12.0. The first-order chi connectivity index (χ1) is 8.60. The predicted molar refractivity (Wildman–Crippen MR) is 72.9 cm³/mol. The molecule has 2 nitrogen and oxygen atoms in total. The normalized spacial score (nSPS) is 24.1. The van der Waals surface area contributed by atoms with Gasteiger partial charge in [-0.1, -0.05) is 24.6 Å². The molecule has 0 bridgehead atoms. The largest absolute Gasteiger partial charge is 0.496 e. The molecule has 0 saturated heterocycles. The van der Waals surface area contributed by atoms with Crippen molar-refractivity contribution < 1.29 is 9.53 Å². The van der Waals surface area contributed by atoms with Gasteiger partial charge < -0.3 is 4.74 Å². The highest BCUT2D eigenvalue weighted by Crippen LogP contribution is 2.31. The van der Waals surface area contributed by atoms with Crippen LogP contribution in [0, 0.1) is 18.8 Å². The van der Waals surface area contributed by atoms with Crippen molar-refractivity contribution in [1.82, 2.24) is 0 Å². The fourth-order valence-electron chi connectivity index (χ4n) is 2.86. The molecule has 0 aliphatic heterocycles. The topological polar surface area (TPSA) is 26.3 Å². The van der Waals surface area contributed by atoms with Gasteiger partial charge in [0, 0.05) is 12.3 Å². The number of hydrogen-bond acceptors (Lipinski definition) is 2. The average molecular weight is 246 g/mol. The van der Waals surface area contributed by atoms with Gasteiger partial charge in [0.05, 0.1) is 7.11 Å². The lowest BCUT2D eigenvalue weighted by Crippen LogP contribution is -2.25. The molecular weight excluding hydrogens is 224 g/mol. The van der Waals surface area contributed by atoms with Crippen LogP contribution in [0.3, 0.4) is 0 Å². The van der Waals surface area contributed by atoms with Crippen molar-refractivity contribution in [2.75, 3.05) is 7.11 Å². The van der Waals surface area contributed by atoms with Crippen LogP contribution < -0.4 is 4.74 Å². The lowest BCUT2D eigenvalue weighted by molar-refractivity contribution is -0.125. The van der Waals surface area contributed by atoms with Gasteiger partial charge in [0.2, 0.25) is 0 Å². The Hall–Kier alpha value is -1.31. The third-order valence-electron chi connectivity index (χ3n) is 3.93. The van der Waals surface area contributed by atoms with Crippen molar-refractivity contribution in [2.45, 2.75) is 39.5 Å². The molecule has 0 aromatic heterocycles. The molecular formula is C16H22O2. The van der Waals surface area contributed by atoms with Gasteiger partial charge in [-0.2, -0.15) is 0 Å². The first-order valence-electron chi connectivity index (χ1n) is 6.76. The summed E-state index contributed by atoms with van der Waals surface area (Å²) in [5.41, 5.74) is 2.40. The number of hydrogen-bond donors (Lipinski definition) is 0. The number of methoxy groups -OCH3 is 1. The van der Waals surface area contributed by atoms with E-state index in [4.69, 9.17) is 4.74 Å². The van der Waals surface area contributed by atoms with Crippen LogP contribution in [0.2, 0.25) is 0 Å². The highest BCUT2D eigenvalue weighted by molar-refractivity contribution is 5.82. The quantitative estimate of drug-likeness (QED) is 0.815. The van der Waals surface area contributed by atoms with Crippen molar-refractivity contribution in [3.63, 3.8) is 0 Å². The number of ketones is 1. The van der Waals surface area contributed by atoms with E-state index in [-0.39, 0.29) is 5.92 Å². The van der Waals surface area contributed by atoms with Crippen LogP contribution in [0.15, 0.2) is 18.2 Å². The molecule has 2 heteroatoms. The van der Waals surface area contributed by atoms with Gasteiger partial charge in [0.15, 0.2) is 0 Å². The number of benzene rings is 1. The van der Waals surface area contributed by atoms with Crippen LogP contribution in [0.1, 0.15) is 37.3 Å². The molecule has 1 aliphatic carbocycles. The Labute approximate surface area is 109 Å². The van der Waals surface area contributed by atoms with E-state index in [2.05, 4.69) is 19.9 Å². The molecule has 1 saturated carbocycles. The summed E-state index contributed by atoms with van der Waals surface area (Å²) >= 11 is 0. The van der Waals surface area contributed by atoms with Gasteiger partial charge in [-0.15, -0.1) is 0 Å². The minimum Gasteiger partial charge on any atom is -0.496 e. The van der Waals surface area contributed by atoms with Crippen molar-refractivity contribution >= 4 is 5.78 Å². The van der Waals surface area contributed by atoms with Crippen molar-refractivity contribution in [3.05, 3.63) is 29.3 Å². The third kappa shape index (κ3) is 2.92. The predicted octanol–water partition coefficient (Wildman–Crippen LogP) is 3.55. The number of ether oxygens (including phenoxy) is 1. The third-order valence-corrected chi connectivity index (χ3v) is 3.93. The molecule has 1 aromatic rings. The SMILES string of the molecule is COc1ccc(C)cc1CC1CC(C)CCC1=O. The van der Waals surface area contributed by atoms with Crippen molar-refractivity contribution in [1.29, 1.82) is 0 Å². The van der Waals surface area contributed by atoms with E-state index in [1.807, 2.05) is 12.1 Å². The van der Waals surface area contributed by atoms with Crippen LogP contribution in [-0.2, 0) is 11.2 Å². The van der Waals surface area contributed by atoms with E-state index in [1.165, 1.54) is 11.1 Å². The monoisotopic (exact) mass is 246 g/mol. The second-order valence-electron chi connectivity index (χ2n) is 5.56. The molecule has 0 amide bonds. The van der Waals surface area contributed by atoms with E-state index in [0.29, 0.717) is 11.7 Å². The second kappa shape index (κ2) is 5.55. The Morgan fingerprint density at radius 1 is 1.39 bits per heavy atom. The van der Waals surface area contributed by atoms with Crippen LogP contribution in [0.5, 0.6) is 5.75 Å². The standard InChI is InChI=1S/C16H22O2/c1-11-4-6-15(17)13(8-11)10-14-9-12(2)5-7-16(14)18-3/h5,7,9,11,13H,4,6,8,10H2,1-3H3. The summed E-state index contributed by atoms with van der Waals surface area (Å²) in [7, 11) is 1.69. The molecule has 2 atom stereocenters. The Balaban J connectivity index is 2.17. The summed E-state index contributed by atoms with van der Waals surface area (Å²) in [6, 6.07) is 6.19. The zero-order chi connectivity index (χ0) is 13.1. The lowest BCUT2D eigenvalue weighted by Gasteiger charge is -2.26. The van der Waals surface area contributed by atoms with Crippen LogP contribution in [-0.4, -0.2) is 12.9 Å². The summed E-state index contributed by atoms with van der Waals surface area (Å²) < 4.78 is 5.39.